The number of benzene rings is 1. The van der Waals surface area contributed by atoms with Gasteiger partial charge in [-0.25, -0.2) is 0 Å². The predicted octanol–water partition coefficient (Wildman–Crippen LogP) is 1.82. The molecule has 1 aliphatic rings. The fraction of sp³-hybridized carbons (Fsp3) is 0.529. The molecule has 1 aromatic rings. The van der Waals surface area contributed by atoms with Gasteiger partial charge in [-0.2, -0.15) is 0 Å². The molecule has 0 bridgehead atoms. The molecule has 1 heterocycles. The summed E-state index contributed by atoms with van der Waals surface area (Å²) < 4.78 is 0. The normalized spacial score (nSPS) is 17.3. The van der Waals surface area contributed by atoms with Gasteiger partial charge in [0.15, 0.2) is 0 Å². The standard InChI is InChI=1S/C17H25N3O2.ClH/c18-10-4-9-16(21)20-11-5-6-14(13-20)12-19-17(22)15-7-2-1-3-8-15;/h1-3,7-8,14H,4-6,9-13,18H2,(H,19,22);1H. The highest BCUT2D eigenvalue weighted by Crippen LogP contribution is 2.17. The van der Waals surface area contributed by atoms with Crippen LogP contribution in [0.25, 0.3) is 0 Å². The zero-order valence-corrected chi connectivity index (χ0v) is 14.2. The largest absolute Gasteiger partial charge is 0.352 e. The number of carbonyl (C=O) groups excluding carboxylic acids is 2. The van der Waals surface area contributed by atoms with Gasteiger partial charge in [-0.15, -0.1) is 12.4 Å². The van der Waals surface area contributed by atoms with Gasteiger partial charge in [0.25, 0.3) is 5.91 Å². The molecular weight excluding hydrogens is 314 g/mol. The van der Waals surface area contributed by atoms with Crippen molar-refractivity contribution in [3.8, 4) is 0 Å². The molecule has 128 valence electrons. The van der Waals surface area contributed by atoms with Crippen molar-refractivity contribution in [2.75, 3.05) is 26.2 Å². The van der Waals surface area contributed by atoms with Crippen LogP contribution in [0.15, 0.2) is 30.3 Å². The number of likely N-dealkylation sites (tertiary alicyclic amines) is 1. The Labute approximate surface area is 144 Å². The predicted molar refractivity (Wildman–Crippen MR) is 93.6 cm³/mol. The molecule has 2 amide bonds. The number of hydrogen-bond acceptors (Lipinski definition) is 3. The summed E-state index contributed by atoms with van der Waals surface area (Å²) in [6.07, 6.45) is 3.32. The average Bonchev–Trinajstić information content (AvgIpc) is 2.58. The quantitative estimate of drug-likeness (QED) is 0.830. The van der Waals surface area contributed by atoms with Crippen molar-refractivity contribution in [3.63, 3.8) is 0 Å². The SMILES string of the molecule is Cl.NCCCC(=O)N1CCCC(CNC(=O)c2ccccc2)C1. The zero-order chi connectivity index (χ0) is 15.8. The summed E-state index contributed by atoms with van der Waals surface area (Å²) in [7, 11) is 0. The van der Waals surface area contributed by atoms with E-state index < -0.39 is 0 Å². The van der Waals surface area contributed by atoms with Crippen LogP contribution in [-0.4, -0.2) is 42.9 Å². The molecule has 6 heteroatoms. The molecule has 23 heavy (non-hydrogen) atoms. The van der Waals surface area contributed by atoms with Crippen molar-refractivity contribution < 1.29 is 9.59 Å². The Bertz CT molecular complexity index is 496. The molecule has 0 aromatic heterocycles. The second kappa shape index (κ2) is 10.2. The Morgan fingerprint density at radius 2 is 2.00 bits per heavy atom. The summed E-state index contributed by atoms with van der Waals surface area (Å²) in [4.78, 5) is 26.0. The summed E-state index contributed by atoms with van der Waals surface area (Å²) in [6.45, 7) is 2.73. The van der Waals surface area contributed by atoms with Gasteiger partial charge in [0.05, 0.1) is 0 Å². The number of nitrogens with zero attached hydrogens (tertiary/aromatic N) is 1. The maximum Gasteiger partial charge on any atom is 0.251 e. The third-order valence-electron chi connectivity index (χ3n) is 4.05. The van der Waals surface area contributed by atoms with Crippen LogP contribution in [0.4, 0.5) is 0 Å². The second-order valence-corrected chi connectivity index (χ2v) is 5.82. The smallest absolute Gasteiger partial charge is 0.251 e. The molecule has 1 aromatic carbocycles. The summed E-state index contributed by atoms with van der Waals surface area (Å²) >= 11 is 0. The molecule has 1 atom stereocenters. The maximum atomic E-state index is 12.0. The van der Waals surface area contributed by atoms with Crippen LogP contribution in [-0.2, 0) is 4.79 Å². The fourth-order valence-corrected chi connectivity index (χ4v) is 2.80. The first-order valence-corrected chi connectivity index (χ1v) is 8.02. The Morgan fingerprint density at radius 3 is 2.70 bits per heavy atom. The van der Waals surface area contributed by atoms with Gasteiger partial charge >= 0.3 is 0 Å². The van der Waals surface area contributed by atoms with Gasteiger partial charge in [0.1, 0.15) is 0 Å². The molecule has 0 radical (unpaired) electrons. The number of amides is 2. The van der Waals surface area contributed by atoms with E-state index in [0.717, 1.165) is 32.4 Å². The van der Waals surface area contributed by atoms with E-state index in [4.69, 9.17) is 5.73 Å². The summed E-state index contributed by atoms with van der Waals surface area (Å²) in [6, 6.07) is 9.21. The van der Waals surface area contributed by atoms with Crippen molar-refractivity contribution in [1.82, 2.24) is 10.2 Å². The number of nitrogens with one attached hydrogen (secondary N) is 1. The van der Waals surface area contributed by atoms with E-state index in [2.05, 4.69) is 5.32 Å². The highest BCUT2D eigenvalue weighted by atomic mass is 35.5. The van der Waals surface area contributed by atoms with E-state index in [1.54, 1.807) is 12.1 Å². The summed E-state index contributed by atoms with van der Waals surface area (Å²) in [5.74, 6) is 0.472. The lowest BCUT2D eigenvalue weighted by Gasteiger charge is -2.33. The Balaban J connectivity index is 0.00000264. The van der Waals surface area contributed by atoms with Gasteiger partial charge in [-0.05, 0) is 43.9 Å². The fourth-order valence-electron chi connectivity index (χ4n) is 2.80. The number of carbonyl (C=O) groups is 2. The van der Waals surface area contributed by atoms with Crippen LogP contribution in [0.2, 0.25) is 0 Å². The Kier molecular flexibility index (Phi) is 8.66. The number of rotatable bonds is 6. The van der Waals surface area contributed by atoms with E-state index in [1.807, 2.05) is 23.1 Å². The number of halogens is 1. The molecule has 0 aliphatic carbocycles. The molecule has 1 saturated heterocycles. The van der Waals surface area contributed by atoms with Gasteiger partial charge in [0.2, 0.25) is 5.91 Å². The molecule has 5 nitrogen and oxygen atoms in total. The van der Waals surface area contributed by atoms with Gasteiger partial charge in [0, 0.05) is 31.6 Å². The zero-order valence-electron chi connectivity index (χ0n) is 13.4. The highest BCUT2D eigenvalue weighted by Gasteiger charge is 2.23. The monoisotopic (exact) mass is 339 g/mol. The van der Waals surface area contributed by atoms with E-state index in [-0.39, 0.29) is 24.2 Å². The molecule has 0 spiro atoms. The number of piperidine rings is 1. The van der Waals surface area contributed by atoms with Crippen LogP contribution in [0.3, 0.4) is 0 Å². The minimum absolute atomic E-state index is 0. The third-order valence-corrected chi connectivity index (χ3v) is 4.05. The maximum absolute atomic E-state index is 12.0. The Hall–Kier alpha value is -1.59. The lowest BCUT2D eigenvalue weighted by Crippen LogP contribution is -2.43. The Morgan fingerprint density at radius 1 is 1.26 bits per heavy atom. The van der Waals surface area contributed by atoms with Crippen molar-refractivity contribution in [2.45, 2.75) is 25.7 Å². The molecule has 0 saturated carbocycles. The van der Waals surface area contributed by atoms with Crippen LogP contribution < -0.4 is 11.1 Å². The van der Waals surface area contributed by atoms with E-state index in [0.29, 0.717) is 31.0 Å². The number of nitrogens with two attached hydrogens (primary N) is 1. The first-order valence-electron chi connectivity index (χ1n) is 8.02. The van der Waals surface area contributed by atoms with Crippen LogP contribution in [0.5, 0.6) is 0 Å². The topological polar surface area (TPSA) is 75.4 Å². The lowest BCUT2D eigenvalue weighted by molar-refractivity contribution is -0.133. The van der Waals surface area contributed by atoms with Gasteiger partial charge in [-0.3, -0.25) is 9.59 Å². The highest BCUT2D eigenvalue weighted by molar-refractivity contribution is 5.94. The van der Waals surface area contributed by atoms with Crippen molar-refractivity contribution in [3.05, 3.63) is 35.9 Å². The van der Waals surface area contributed by atoms with Gasteiger partial charge < -0.3 is 16.0 Å². The number of hydrogen-bond donors (Lipinski definition) is 2. The third kappa shape index (κ3) is 6.20. The van der Waals surface area contributed by atoms with Crippen LogP contribution >= 0.6 is 12.4 Å². The minimum atomic E-state index is -0.0489. The molecule has 1 unspecified atom stereocenters. The van der Waals surface area contributed by atoms with E-state index in [1.165, 1.54) is 0 Å². The lowest BCUT2D eigenvalue weighted by atomic mass is 9.97. The molecule has 1 aliphatic heterocycles. The minimum Gasteiger partial charge on any atom is -0.352 e. The van der Waals surface area contributed by atoms with Gasteiger partial charge in [-0.1, -0.05) is 18.2 Å². The first kappa shape index (κ1) is 19.5. The molecular formula is C17H26ClN3O2. The van der Waals surface area contributed by atoms with Crippen molar-refractivity contribution in [2.24, 2.45) is 11.7 Å². The van der Waals surface area contributed by atoms with Crippen molar-refractivity contribution >= 4 is 24.2 Å². The van der Waals surface area contributed by atoms with Crippen LogP contribution in [0, 0.1) is 5.92 Å². The molecule has 3 N–H and O–H groups in total. The van der Waals surface area contributed by atoms with Crippen LogP contribution in [0.1, 0.15) is 36.0 Å². The van der Waals surface area contributed by atoms with E-state index >= 15 is 0 Å². The second-order valence-electron chi connectivity index (χ2n) is 5.82. The average molecular weight is 340 g/mol. The van der Waals surface area contributed by atoms with E-state index in [9.17, 15) is 9.59 Å². The molecule has 2 rings (SSSR count). The van der Waals surface area contributed by atoms with Crippen molar-refractivity contribution in [1.29, 1.82) is 0 Å². The molecule has 1 fully saturated rings. The summed E-state index contributed by atoms with van der Waals surface area (Å²) in [5.41, 5.74) is 6.13. The summed E-state index contributed by atoms with van der Waals surface area (Å²) in [5, 5.41) is 2.97. The first-order chi connectivity index (χ1) is 10.7.